The van der Waals surface area contributed by atoms with Crippen LogP contribution < -0.4 is 15.4 Å². The van der Waals surface area contributed by atoms with E-state index in [1.165, 1.54) is 10.0 Å². The molecule has 30 heavy (non-hydrogen) atoms. The zero-order chi connectivity index (χ0) is 21.5. The van der Waals surface area contributed by atoms with Gasteiger partial charge in [-0.25, -0.2) is 5.01 Å². The summed E-state index contributed by atoms with van der Waals surface area (Å²) in [6, 6.07) is 15.4. The molecule has 0 saturated carbocycles. The average Bonchev–Trinajstić information content (AvgIpc) is 3.08. The number of anilines is 1. The number of carbonyl (C=O) groups excluding carboxylic acids is 3. The number of hydrazine groups is 1. The maximum atomic E-state index is 13.0. The van der Waals surface area contributed by atoms with Crippen LogP contribution in [0.5, 0.6) is 11.5 Å². The van der Waals surface area contributed by atoms with E-state index < -0.39 is 17.5 Å². The summed E-state index contributed by atoms with van der Waals surface area (Å²) in [5, 5.41) is 7.97. The van der Waals surface area contributed by atoms with Crippen molar-refractivity contribution >= 4 is 40.7 Å². The Morgan fingerprint density at radius 2 is 1.73 bits per heavy atom. The van der Waals surface area contributed by atoms with Crippen molar-refractivity contribution in [3.63, 3.8) is 0 Å². The zero-order valence-corrected chi connectivity index (χ0v) is 17.2. The summed E-state index contributed by atoms with van der Waals surface area (Å²) in [4.78, 5) is 37.8. The van der Waals surface area contributed by atoms with Crippen molar-refractivity contribution in [2.75, 3.05) is 5.32 Å². The Morgan fingerprint density at radius 1 is 1.10 bits per heavy atom. The van der Waals surface area contributed by atoms with Gasteiger partial charge in [-0.1, -0.05) is 18.2 Å². The van der Waals surface area contributed by atoms with Crippen LogP contribution in [0.1, 0.15) is 20.3 Å². The number of benzene rings is 2. The highest BCUT2D eigenvalue weighted by Gasteiger charge is 2.56. The van der Waals surface area contributed by atoms with Gasteiger partial charge >= 0.3 is 0 Å². The van der Waals surface area contributed by atoms with Crippen molar-refractivity contribution in [2.24, 2.45) is 0 Å². The number of nitrogens with one attached hydrogen (secondary N) is 2. The van der Waals surface area contributed by atoms with E-state index in [1.807, 2.05) is 30.3 Å². The second-order valence-electron chi connectivity index (χ2n) is 7.52. The Kier molecular flexibility index (Phi) is 5.00. The molecule has 0 unspecified atom stereocenters. The molecule has 3 amide bonds. The molecule has 2 aromatic carbocycles. The van der Waals surface area contributed by atoms with Gasteiger partial charge in [-0.15, -0.1) is 0 Å². The maximum Gasteiger partial charge on any atom is 0.248 e. The standard InChI is InChI=1S/C21H20N4O4S/c1-21(2)19(28)23-20(30)24-17(26)12-16(25(21)24)18(27)22-13-8-10-15(11-9-13)29-14-6-4-3-5-7-14/h3-11,16H,12H2,1-2H3,(H,22,27)(H,23,28,30)/t16-/m1/s1. The van der Waals surface area contributed by atoms with E-state index in [2.05, 4.69) is 10.6 Å². The second-order valence-corrected chi connectivity index (χ2v) is 7.90. The Balaban J connectivity index is 1.49. The highest BCUT2D eigenvalue weighted by molar-refractivity contribution is 7.80. The summed E-state index contributed by atoms with van der Waals surface area (Å²) >= 11 is 5.12. The predicted octanol–water partition coefficient (Wildman–Crippen LogP) is 2.43. The third-order valence-electron chi connectivity index (χ3n) is 5.06. The molecule has 1 atom stereocenters. The van der Waals surface area contributed by atoms with Crippen LogP contribution in [0.4, 0.5) is 5.69 Å². The minimum Gasteiger partial charge on any atom is -0.457 e. The first-order chi connectivity index (χ1) is 14.3. The second kappa shape index (κ2) is 7.51. The summed E-state index contributed by atoms with van der Waals surface area (Å²) in [6.45, 7) is 3.29. The Bertz CT molecular complexity index is 1020. The normalized spacial score (nSPS) is 20.5. The molecule has 4 rings (SSSR count). The molecule has 2 fully saturated rings. The van der Waals surface area contributed by atoms with Crippen LogP contribution in [0, 0.1) is 0 Å². The lowest BCUT2D eigenvalue weighted by Gasteiger charge is -2.45. The van der Waals surface area contributed by atoms with Gasteiger partial charge in [0.2, 0.25) is 17.7 Å². The van der Waals surface area contributed by atoms with Gasteiger partial charge in [0.05, 0.1) is 6.42 Å². The van der Waals surface area contributed by atoms with Crippen LogP contribution in [0.25, 0.3) is 0 Å². The largest absolute Gasteiger partial charge is 0.457 e. The number of ether oxygens (including phenoxy) is 1. The van der Waals surface area contributed by atoms with Gasteiger partial charge in [0, 0.05) is 5.69 Å². The van der Waals surface area contributed by atoms with Crippen LogP contribution in [0.3, 0.4) is 0 Å². The molecule has 0 bridgehead atoms. The molecule has 2 saturated heterocycles. The van der Waals surface area contributed by atoms with E-state index in [4.69, 9.17) is 17.0 Å². The SMILES string of the molecule is CC1(C)C(=O)NC(=S)N2C(=O)C[C@H](C(=O)Nc3ccc(Oc4ccccc4)cc3)N21. The number of carbonyl (C=O) groups is 3. The molecule has 2 aliphatic rings. The lowest BCUT2D eigenvalue weighted by Crippen LogP contribution is -2.71. The van der Waals surface area contributed by atoms with E-state index in [0.29, 0.717) is 17.2 Å². The highest BCUT2D eigenvalue weighted by atomic mass is 32.1. The smallest absolute Gasteiger partial charge is 0.248 e. The number of nitrogens with zero attached hydrogens (tertiary/aromatic N) is 2. The molecular formula is C21H20N4O4S. The molecule has 2 aromatic rings. The first-order valence-electron chi connectivity index (χ1n) is 9.39. The fraction of sp³-hybridized carbons (Fsp3) is 0.238. The van der Waals surface area contributed by atoms with Gasteiger partial charge in [-0.2, -0.15) is 5.01 Å². The first-order valence-corrected chi connectivity index (χ1v) is 9.79. The number of rotatable bonds is 4. The molecular weight excluding hydrogens is 404 g/mol. The molecule has 0 aliphatic carbocycles. The lowest BCUT2D eigenvalue weighted by atomic mass is 10.00. The van der Waals surface area contributed by atoms with Crippen molar-refractivity contribution < 1.29 is 19.1 Å². The quantitative estimate of drug-likeness (QED) is 0.733. The van der Waals surface area contributed by atoms with Crippen LogP contribution >= 0.6 is 12.2 Å². The van der Waals surface area contributed by atoms with Crippen molar-refractivity contribution in [2.45, 2.75) is 31.8 Å². The third kappa shape index (κ3) is 3.53. The van der Waals surface area contributed by atoms with Crippen molar-refractivity contribution in [1.29, 1.82) is 0 Å². The molecule has 8 nitrogen and oxygen atoms in total. The zero-order valence-electron chi connectivity index (χ0n) is 16.4. The van der Waals surface area contributed by atoms with Gasteiger partial charge < -0.3 is 10.1 Å². The van der Waals surface area contributed by atoms with E-state index in [0.717, 1.165) is 0 Å². The summed E-state index contributed by atoms with van der Waals surface area (Å²) in [5.74, 6) is 0.243. The van der Waals surface area contributed by atoms with E-state index >= 15 is 0 Å². The van der Waals surface area contributed by atoms with Crippen LogP contribution in [0.2, 0.25) is 0 Å². The van der Waals surface area contributed by atoms with Gasteiger partial charge in [0.1, 0.15) is 23.1 Å². The summed E-state index contributed by atoms with van der Waals surface area (Å²) < 4.78 is 5.74. The van der Waals surface area contributed by atoms with Crippen LogP contribution in [-0.2, 0) is 14.4 Å². The lowest BCUT2D eigenvalue weighted by molar-refractivity contribution is -0.154. The Hall–Kier alpha value is -3.30. The number of hydrogen-bond acceptors (Lipinski definition) is 6. The van der Waals surface area contributed by atoms with Crippen molar-refractivity contribution in [3.8, 4) is 11.5 Å². The monoisotopic (exact) mass is 424 g/mol. The predicted molar refractivity (Wildman–Crippen MR) is 113 cm³/mol. The number of fused-ring (bicyclic) bond motifs is 1. The minimum absolute atomic E-state index is 0.0120. The molecule has 0 radical (unpaired) electrons. The average molecular weight is 424 g/mol. The van der Waals surface area contributed by atoms with E-state index in [-0.39, 0.29) is 23.3 Å². The Morgan fingerprint density at radius 3 is 2.40 bits per heavy atom. The molecule has 0 aromatic heterocycles. The minimum atomic E-state index is -1.11. The molecule has 154 valence electrons. The Labute approximate surface area is 178 Å². The van der Waals surface area contributed by atoms with Crippen molar-refractivity contribution in [3.05, 3.63) is 54.6 Å². The van der Waals surface area contributed by atoms with Gasteiger partial charge in [-0.3, -0.25) is 19.7 Å². The number of thiocarbonyl (C=S) groups is 1. The van der Waals surface area contributed by atoms with Crippen molar-refractivity contribution in [1.82, 2.24) is 15.3 Å². The van der Waals surface area contributed by atoms with E-state index in [1.54, 1.807) is 38.1 Å². The molecule has 2 aliphatic heterocycles. The molecule has 2 heterocycles. The van der Waals surface area contributed by atoms with Gasteiger partial charge in [0.25, 0.3) is 0 Å². The number of para-hydroxylation sites is 1. The highest BCUT2D eigenvalue weighted by Crippen LogP contribution is 2.33. The fourth-order valence-corrected chi connectivity index (χ4v) is 3.80. The topological polar surface area (TPSA) is 91.0 Å². The molecule has 2 N–H and O–H groups in total. The summed E-state index contributed by atoms with van der Waals surface area (Å²) in [6.07, 6.45) is -0.0699. The van der Waals surface area contributed by atoms with Gasteiger partial charge in [-0.05, 0) is 62.5 Å². The number of hydrogen-bond donors (Lipinski definition) is 2. The fourth-order valence-electron chi connectivity index (χ4n) is 3.52. The van der Waals surface area contributed by atoms with Crippen LogP contribution in [-0.4, -0.2) is 44.4 Å². The number of amides is 3. The molecule has 9 heteroatoms. The third-order valence-corrected chi connectivity index (χ3v) is 5.33. The molecule has 0 spiro atoms. The van der Waals surface area contributed by atoms with Gasteiger partial charge in [0.15, 0.2) is 5.11 Å². The maximum absolute atomic E-state index is 13.0. The van der Waals surface area contributed by atoms with E-state index in [9.17, 15) is 14.4 Å². The summed E-state index contributed by atoms with van der Waals surface area (Å²) in [7, 11) is 0. The summed E-state index contributed by atoms with van der Waals surface area (Å²) in [5.41, 5.74) is -0.558. The first kappa shape index (κ1) is 20.0. The van der Waals surface area contributed by atoms with Crippen LogP contribution in [0.15, 0.2) is 54.6 Å².